The van der Waals surface area contributed by atoms with E-state index < -0.39 is 5.63 Å². The SMILES string of the molecule is O=C(Nc1ccc2oc(=O)ccc2c1)c1cccc(OCc2ccccc2)c1. The number of ether oxygens (including phenoxy) is 1. The van der Waals surface area contributed by atoms with Crippen molar-refractivity contribution in [3.05, 3.63) is 106 Å². The largest absolute Gasteiger partial charge is 0.489 e. The van der Waals surface area contributed by atoms with Crippen LogP contribution in [0.5, 0.6) is 5.75 Å². The summed E-state index contributed by atoms with van der Waals surface area (Å²) < 4.78 is 10.9. The third kappa shape index (κ3) is 4.10. The van der Waals surface area contributed by atoms with Crippen molar-refractivity contribution in [2.45, 2.75) is 6.61 Å². The third-order valence-electron chi connectivity index (χ3n) is 4.22. The second-order valence-corrected chi connectivity index (χ2v) is 6.26. The molecule has 1 heterocycles. The molecular formula is C23H17NO4. The van der Waals surface area contributed by atoms with Crippen molar-refractivity contribution in [3.63, 3.8) is 0 Å². The van der Waals surface area contributed by atoms with Gasteiger partial charge in [-0.05, 0) is 48.0 Å². The van der Waals surface area contributed by atoms with Gasteiger partial charge in [0, 0.05) is 22.7 Å². The highest BCUT2D eigenvalue weighted by atomic mass is 16.5. The maximum atomic E-state index is 12.6. The first kappa shape index (κ1) is 17.5. The molecule has 0 aliphatic heterocycles. The van der Waals surface area contributed by atoms with E-state index in [1.165, 1.54) is 6.07 Å². The number of benzene rings is 3. The summed E-state index contributed by atoms with van der Waals surface area (Å²) in [5.41, 5.74) is 2.23. The third-order valence-corrected chi connectivity index (χ3v) is 4.22. The summed E-state index contributed by atoms with van der Waals surface area (Å²) in [7, 11) is 0. The zero-order chi connectivity index (χ0) is 19.3. The van der Waals surface area contributed by atoms with Gasteiger partial charge in [0.2, 0.25) is 0 Å². The normalized spacial score (nSPS) is 10.6. The Morgan fingerprint density at radius 2 is 1.75 bits per heavy atom. The summed E-state index contributed by atoms with van der Waals surface area (Å²) >= 11 is 0. The molecule has 0 aliphatic rings. The summed E-state index contributed by atoms with van der Waals surface area (Å²) in [6, 6.07) is 25.0. The minimum atomic E-state index is -0.406. The van der Waals surface area contributed by atoms with Crippen molar-refractivity contribution >= 4 is 22.6 Å². The molecule has 5 heteroatoms. The summed E-state index contributed by atoms with van der Waals surface area (Å²) in [6.07, 6.45) is 0. The lowest BCUT2D eigenvalue weighted by Crippen LogP contribution is -2.12. The lowest BCUT2D eigenvalue weighted by Gasteiger charge is -2.09. The number of fused-ring (bicyclic) bond motifs is 1. The number of anilines is 1. The molecule has 4 rings (SSSR count). The first-order chi connectivity index (χ1) is 13.7. The number of hydrogen-bond acceptors (Lipinski definition) is 4. The molecule has 0 spiro atoms. The van der Waals surface area contributed by atoms with Crippen LogP contribution in [-0.2, 0) is 6.61 Å². The van der Waals surface area contributed by atoms with Crippen LogP contribution in [0.3, 0.4) is 0 Å². The van der Waals surface area contributed by atoms with Crippen LogP contribution in [0, 0.1) is 0 Å². The topological polar surface area (TPSA) is 68.5 Å². The molecule has 28 heavy (non-hydrogen) atoms. The van der Waals surface area contributed by atoms with Crippen molar-refractivity contribution in [2.75, 3.05) is 5.32 Å². The van der Waals surface area contributed by atoms with E-state index in [2.05, 4.69) is 5.32 Å². The fraction of sp³-hybridized carbons (Fsp3) is 0.0435. The average molecular weight is 371 g/mol. The molecule has 138 valence electrons. The van der Waals surface area contributed by atoms with E-state index in [0.29, 0.717) is 29.2 Å². The number of nitrogens with one attached hydrogen (secondary N) is 1. The molecule has 0 radical (unpaired) electrons. The number of rotatable bonds is 5. The number of amides is 1. The Morgan fingerprint density at radius 3 is 2.61 bits per heavy atom. The van der Waals surface area contributed by atoms with E-state index in [1.807, 2.05) is 36.4 Å². The van der Waals surface area contributed by atoms with Gasteiger partial charge in [-0.2, -0.15) is 0 Å². The lowest BCUT2D eigenvalue weighted by molar-refractivity contribution is 0.102. The molecule has 5 nitrogen and oxygen atoms in total. The van der Waals surface area contributed by atoms with E-state index in [4.69, 9.17) is 9.15 Å². The lowest BCUT2D eigenvalue weighted by atomic mass is 10.1. The van der Waals surface area contributed by atoms with Gasteiger partial charge in [-0.15, -0.1) is 0 Å². The number of carbonyl (C=O) groups is 1. The molecule has 0 aliphatic carbocycles. The number of carbonyl (C=O) groups excluding carboxylic acids is 1. The fourth-order valence-electron chi connectivity index (χ4n) is 2.82. The summed E-state index contributed by atoms with van der Waals surface area (Å²) in [4.78, 5) is 23.8. The van der Waals surface area contributed by atoms with Gasteiger partial charge in [0.1, 0.15) is 17.9 Å². The van der Waals surface area contributed by atoms with Crippen LogP contribution in [0.1, 0.15) is 15.9 Å². The monoisotopic (exact) mass is 371 g/mol. The van der Waals surface area contributed by atoms with Gasteiger partial charge in [0.15, 0.2) is 0 Å². The summed E-state index contributed by atoms with van der Waals surface area (Å²) in [5.74, 6) is 0.374. The quantitative estimate of drug-likeness (QED) is 0.520. The van der Waals surface area contributed by atoms with E-state index in [9.17, 15) is 9.59 Å². The Bertz CT molecular complexity index is 1180. The van der Waals surface area contributed by atoms with Crippen molar-refractivity contribution in [1.29, 1.82) is 0 Å². The highest BCUT2D eigenvalue weighted by Crippen LogP contribution is 2.20. The fourth-order valence-corrected chi connectivity index (χ4v) is 2.82. The van der Waals surface area contributed by atoms with Crippen molar-refractivity contribution in [2.24, 2.45) is 0 Å². The average Bonchev–Trinajstić information content (AvgIpc) is 2.73. The van der Waals surface area contributed by atoms with Gasteiger partial charge >= 0.3 is 5.63 Å². The zero-order valence-corrected chi connectivity index (χ0v) is 14.9. The Morgan fingerprint density at radius 1 is 0.893 bits per heavy atom. The van der Waals surface area contributed by atoms with E-state index in [1.54, 1.807) is 42.5 Å². The standard InChI is InChI=1S/C23H17NO4/c25-22-12-9-17-13-19(10-11-21(17)28-22)24-23(26)18-7-4-8-20(14-18)27-15-16-5-2-1-3-6-16/h1-14H,15H2,(H,24,26). The van der Waals surface area contributed by atoms with Crippen LogP contribution < -0.4 is 15.7 Å². The van der Waals surface area contributed by atoms with E-state index in [-0.39, 0.29) is 5.91 Å². The molecule has 0 fully saturated rings. The first-order valence-electron chi connectivity index (χ1n) is 8.79. The molecule has 0 bridgehead atoms. The molecule has 0 saturated carbocycles. The van der Waals surface area contributed by atoms with Crippen LogP contribution in [0.2, 0.25) is 0 Å². The minimum Gasteiger partial charge on any atom is -0.489 e. The second kappa shape index (κ2) is 7.80. The molecule has 1 aromatic heterocycles. The molecule has 1 N–H and O–H groups in total. The zero-order valence-electron chi connectivity index (χ0n) is 14.9. The van der Waals surface area contributed by atoms with Gasteiger partial charge < -0.3 is 14.5 Å². The van der Waals surface area contributed by atoms with Crippen LogP contribution in [0.4, 0.5) is 5.69 Å². The Balaban J connectivity index is 1.47. The second-order valence-electron chi connectivity index (χ2n) is 6.26. The van der Waals surface area contributed by atoms with Gasteiger partial charge in [0.25, 0.3) is 5.91 Å². The van der Waals surface area contributed by atoms with Gasteiger partial charge in [0.05, 0.1) is 0 Å². The maximum absolute atomic E-state index is 12.6. The Kier molecular flexibility index (Phi) is 4.89. The predicted molar refractivity (Wildman–Crippen MR) is 108 cm³/mol. The van der Waals surface area contributed by atoms with Gasteiger partial charge in [-0.1, -0.05) is 36.4 Å². The molecule has 1 amide bonds. The molecule has 0 atom stereocenters. The van der Waals surface area contributed by atoms with Crippen molar-refractivity contribution in [3.8, 4) is 5.75 Å². The summed E-state index contributed by atoms with van der Waals surface area (Å²) in [6.45, 7) is 0.432. The molecular weight excluding hydrogens is 354 g/mol. The maximum Gasteiger partial charge on any atom is 0.336 e. The van der Waals surface area contributed by atoms with E-state index in [0.717, 1.165) is 10.9 Å². The van der Waals surface area contributed by atoms with Crippen LogP contribution in [-0.4, -0.2) is 5.91 Å². The summed E-state index contributed by atoms with van der Waals surface area (Å²) in [5, 5.41) is 3.59. The van der Waals surface area contributed by atoms with Crippen molar-refractivity contribution in [1.82, 2.24) is 0 Å². The predicted octanol–water partition coefficient (Wildman–Crippen LogP) is 4.62. The Hall–Kier alpha value is -3.86. The number of hydrogen-bond donors (Lipinski definition) is 1. The highest BCUT2D eigenvalue weighted by molar-refractivity contribution is 6.05. The molecule has 3 aromatic carbocycles. The van der Waals surface area contributed by atoms with E-state index >= 15 is 0 Å². The first-order valence-corrected chi connectivity index (χ1v) is 8.79. The minimum absolute atomic E-state index is 0.248. The smallest absolute Gasteiger partial charge is 0.336 e. The van der Waals surface area contributed by atoms with Gasteiger partial charge in [-0.25, -0.2) is 4.79 Å². The molecule has 4 aromatic rings. The molecule has 0 unspecified atom stereocenters. The highest BCUT2D eigenvalue weighted by Gasteiger charge is 2.09. The van der Waals surface area contributed by atoms with Crippen LogP contribution >= 0.6 is 0 Å². The van der Waals surface area contributed by atoms with Crippen LogP contribution in [0.15, 0.2) is 94.1 Å². The van der Waals surface area contributed by atoms with Gasteiger partial charge in [-0.3, -0.25) is 4.79 Å². The van der Waals surface area contributed by atoms with Crippen LogP contribution in [0.25, 0.3) is 11.0 Å². The molecule has 0 saturated heterocycles. The Labute approximate surface area is 161 Å². The van der Waals surface area contributed by atoms with Crippen molar-refractivity contribution < 1.29 is 13.9 Å².